The van der Waals surface area contributed by atoms with Crippen molar-refractivity contribution in [3.8, 4) is 0 Å². The fourth-order valence-electron chi connectivity index (χ4n) is 1.40. The Morgan fingerprint density at radius 3 is 3.00 bits per heavy atom. The number of aromatic nitrogens is 1. The molecule has 2 rings (SSSR count). The molecule has 0 unspecified atom stereocenters. The molecule has 0 aromatic carbocycles. The van der Waals surface area contributed by atoms with Crippen LogP contribution in [-0.2, 0) is 6.54 Å². The molecule has 17 heavy (non-hydrogen) atoms. The lowest BCUT2D eigenvalue weighted by atomic mass is 10.3. The van der Waals surface area contributed by atoms with Gasteiger partial charge >= 0.3 is 0 Å². The molecule has 0 atom stereocenters. The van der Waals surface area contributed by atoms with E-state index >= 15 is 0 Å². The average Bonchev–Trinajstić information content (AvgIpc) is 2.73. The molecule has 0 fully saturated rings. The lowest BCUT2D eigenvalue weighted by Gasteiger charge is -2.03. The first-order valence-electron chi connectivity index (χ1n) is 5.13. The van der Waals surface area contributed by atoms with Gasteiger partial charge in [-0.25, -0.2) is 0 Å². The maximum absolute atomic E-state index is 11.8. The zero-order chi connectivity index (χ0) is 12.3. The fourth-order valence-corrected chi connectivity index (χ4v) is 2.47. The average molecular weight is 264 g/mol. The maximum Gasteiger partial charge on any atom is 0.261 e. The molecule has 2 aromatic heterocycles. The Kier molecular flexibility index (Phi) is 3.81. The minimum atomic E-state index is -0.0846. The van der Waals surface area contributed by atoms with E-state index in [2.05, 4.69) is 22.9 Å². The van der Waals surface area contributed by atoms with E-state index in [9.17, 15) is 4.79 Å². The van der Waals surface area contributed by atoms with Gasteiger partial charge in [0.15, 0.2) is 0 Å². The van der Waals surface area contributed by atoms with Gasteiger partial charge in [0.1, 0.15) is 0 Å². The van der Waals surface area contributed by atoms with Crippen LogP contribution in [0, 0.1) is 6.92 Å². The molecule has 0 bridgehead atoms. The predicted octanol–water partition coefficient (Wildman–Crippen LogP) is 2.67. The van der Waals surface area contributed by atoms with E-state index in [1.807, 2.05) is 30.5 Å². The van der Waals surface area contributed by atoms with Crippen LogP contribution < -0.4 is 5.32 Å². The van der Waals surface area contributed by atoms with Gasteiger partial charge in [-0.2, -0.15) is 0 Å². The third-order valence-electron chi connectivity index (χ3n) is 2.19. The molecule has 1 amide bonds. The molecule has 0 aliphatic heterocycles. The number of hydrogen-bond donors (Lipinski definition) is 2. The maximum atomic E-state index is 11.8. The van der Waals surface area contributed by atoms with Crippen LogP contribution in [0.15, 0.2) is 34.5 Å². The lowest BCUT2D eigenvalue weighted by Crippen LogP contribution is -2.22. The summed E-state index contributed by atoms with van der Waals surface area (Å²) in [6.45, 7) is 2.37. The highest BCUT2D eigenvalue weighted by molar-refractivity contribution is 7.80. The molecule has 1 N–H and O–H groups in total. The number of carbonyl (C=O) groups is 1. The van der Waals surface area contributed by atoms with Crippen LogP contribution in [0.2, 0.25) is 0 Å². The normalized spacial score (nSPS) is 10.2. The van der Waals surface area contributed by atoms with Gasteiger partial charge < -0.3 is 5.32 Å². The fraction of sp³-hybridized carbons (Fsp3) is 0.167. The van der Waals surface area contributed by atoms with Crippen molar-refractivity contribution in [2.24, 2.45) is 0 Å². The summed E-state index contributed by atoms with van der Waals surface area (Å²) in [4.78, 5) is 17.6. The van der Waals surface area contributed by atoms with E-state index in [0.717, 1.165) is 16.3 Å². The number of pyridine rings is 1. The number of nitrogens with zero attached hydrogens (tertiary/aromatic N) is 1. The van der Waals surface area contributed by atoms with Crippen LogP contribution in [-0.4, -0.2) is 10.9 Å². The molecule has 0 radical (unpaired) electrons. The Balaban J connectivity index is 1.97. The summed E-state index contributed by atoms with van der Waals surface area (Å²) in [5.41, 5.74) is 1.81. The van der Waals surface area contributed by atoms with Crippen molar-refractivity contribution < 1.29 is 4.79 Å². The second-order valence-electron chi connectivity index (χ2n) is 3.62. The Morgan fingerprint density at radius 1 is 1.53 bits per heavy atom. The van der Waals surface area contributed by atoms with Crippen molar-refractivity contribution in [2.45, 2.75) is 18.4 Å². The van der Waals surface area contributed by atoms with Gasteiger partial charge in [0.25, 0.3) is 5.91 Å². The zero-order valence-electron chi connectivity index (χ0n) is 9.30. The summed E-state index contributed by atoms with van der Waals surface area (Å²) in [6.07, 6.45) is 0. The van der Waals surface area contributed by atoms with Crippen molar-refractivity contribution in [1.82, 2.24) is 10.3 Å². The third-order valence-corrected chi connectivity index (χ3v) is 3.55. The largest absolute Gasteiger partial charge is 0.346 e. The van der Waals surface area contributed by atoms with Gasteiger partial charge in [0, 0.05) is 16.0 Å². The first-order valence-corrected chi connectivity index (χ1v) is 6.46. The smallest absolute Gasteiger partial charge is 0.261 e. The van der Waals surface area contributed by atoms with Crippen LogP contribution in [0.5, 0.6) is 0 Å². The van der Waals surface area contributed by atoms with E-state index in [0.29, 0.717) is 11.4 Å². The molecule has 88 valence electrons. The van der Waals surface area contributed by atoms with Gasteiger partial charge in [0.05, 0.1) is 17.1 Å². The number of aryl methyl sites for hydroxylation is 1. The van der Waals surface area contributed by atoms with Crippen LogP contribution >= 0.6 is 24.0 Å². The quantitative estimate of drug-likeness (QED) is 0.837. The molecule has 0 saturated heterocycles. The molecular weight excluding hydrogens is 252 g/mol. The number of thiol groups is 1. The van der Waals surface area contributed by atoms with Crippen molar-refractivity contribution in [1.29, 1.82) is 0 Å². The number of thiophene rings is 1. The summed E-state index contributed by atoms with van der Waals surface area (Å²) >= 11 is 5.56. The number of amides is 1. The molecule has 0 spiro atoms. The molecule has 2 aromatic rings. The molecule has 0 saturated carbocycles. The lowest BCUT2D eigenvalue weighted by molar-refractivity contribution is 0.0954. The van der Waals surface area contributed by atoms with Gasteiger partial charge in [-0.05, 0) is 25.1 Å². The topological polar surface area (TPSA) is 42.0 Å². The highest BCUT2D eigenvalue weighted by atomic mass is 32.1. The van der Waals surface area contributed by atoms with Crippen molar-refractivity contribution in [3.05, 3.63) is 45.9 Å². The number of nitrogens with one attached hydrogen (secondary N) is 1. The predicted molar refractivity (Wildman–Crippen MR) is 71.7 cm³/mol. The summed E-state index contributed by atoms with van der Waals surface area (Å²) < 4.78 is 0. The number of hydrogen-bond acceptors (Lipinski definition) is 4. The van der Waals surface area contributed by atoms with E-state index in [4.69, 9.17) is 0 Å². The highest BCUT2D eigenvalue weighted by Crippen LogP contribution is 2.17. The first kappa shape index (κ1) is 12.1. The molecule has 0 aliphatic rings. The van der Waals surface area contributed by atoms with Gasteiger partial charge in [0.2, 0.25) is 0 Å². The van der Waals surface area contributed by atoms with E-state index in [1.165, 1.54) is 11.3 Å². The van der Waals surface area contributed by atoms with Crippen LogP contribution in [0.25, 0.3) is 0 Å². The van der Waals surface area contributed by atoms with Crippen LogP contribution in [0.4, 0.5) is 0 Å². The Morgan fingerprint density at radius 2 is 2.35 bits per heavy atom. The van der Waals surface area contributed by atoms with Gasteiger partial charge in [-0.15, -0.1) is 24.0 Å². The molecule has 5 heteroatoms. The Labute approximate surface area is 109 Å². The van der Waals surface area contributed by atoms with E-state index < -0.39 is 0 Å². The number of rotatable bonds is 3. The Bertz CT molecular complexity index is 537. The standard InChI is InChI=1S/C12H12N2OS2/c1-8-3-2-4-9(14-8)6-13-12(15)11-5-10(16)7-17-11/h2-5,7,16H,6H2,1H3,(H,13,15). The highest BCUT2D eigenvalue weighted by Gasteiger charge is 2.07. The minimum absolute atomic E-state index is 0.0846. The van der Waals surface area contributed by atoms with E-state index in [-0.39, 0.29) is 5.91 Å². The minimum Gasteiger partial charge on any atom is -0.346 e. The molecule has 0 aliphatic carbocycles. The second-order valence-corrected chi connectivity index (χ2v) is 5.05. The summed E-state index contributed by atoms with van der Waals surface area (Å²) in [5.74, 6) is -0.0846. The summed E-state index contributed by atoms with van der Waals surface area (Å²) in [7, 11) is 0. The van der Waals surface area contributed by atoms with Crippen molar-refractivity contribution in [2.75, 3.05) is 0 Å². The first-order chi connectivity index (χ1) is 8.15. The zero-order valence-corrected chi connectivity index (χ0v) is 11.0. The monoisotopic (exact) mass is 264 g/mol. The molecule has 3 nitrogen and oxygen atoms in total. The van der Waals surface area contributed by atoms with Gasteiger partial charge in [-0.1, -0.05) is 6.07 Å². The van der Waals surface area contributed by atoms with Crippen molar-refractivity contribution >= 4 is 29.9 Å². The van der Waals surface area contributed by atoms with Crippen LogP contribution in [0.3, 0.4) is 0 Å². The number of carbonyl (C=O) groups excluding carboxylic acids is 1. The van der Waals surface area contributed by atoms with Gasteiger partial charge in [-0.3, -0.25) is 9.78 Å². The van der Waals surface area contributed by atoms with Crippen LogP contribution in [0.1, 0.15) is 21.1 Å². The Hall–Kier alpha value is -1.33. The third kappa shape index (κ3) is 3.31. The second kappa shape index (κ2) is 5.33. The van der Waals surface area contributed by atoms with Crippen molar-refractivity contribution in [3.63, 3.8) is 0 Å². The SMILES string of the molecule is Cc1cccc(CNC(=O)c2cc(S)cs2)n1. The summed E-state index contributed by atoms with van der Waals surface area (Å²) in [5, 5.41) is 4.67. The molecule has 2 heterocycles. The summed E-state index contributed by atoms with van der Waals surface area (Å²) in [6, 6.07) is 7.51. The molecular formula is C12H12N2OS2. The van der Waals surface area contributed by atoms with E-state index in [1.54, 1.807) is 6.07 Å².